The van der Waals surface area contributed by atoms with Gasteiger partial charge in [-0.15, -0.1) is 0 Å². The molecule has 0 aliphatic heterocycles. The molecule has 1 aromatic heterocycles. The standard InChI is InChI=1S/C15H23N3O2/c1-4-17(5-2)15(20)8-11-18(13(3)19)12-14-6-9-16-10-7-14/h6-7,9-10H,4-5,8,11-12H2,1-3H3. The van der Waals surface area contributed by atoms with Crippen LogP contribution in [0.3, 0.4) is 0 Å². The predicted octanol–water partition coefficient (Wildman–Crippen LogP) is 1.69. The molecule has 0 aliphatic carbocycles. The van der Waals surface area contributed by atoms with Gasteiger partial charge in [-0.1, -0.05) is 0 Å². The van der Waals surface area contributed by atoms with Crippen molar-refractivity contribution < 1.29 is 9.59 Å². The summed E-state index contributed by atoms with van der Waals surface area (Å²) < 4.78 is 0. The van der Waals surface area contributed by atoms with Gasteiger partial charge in [-0.2, -0.15) is 0 Å². The summed E-state index contributed by atoms with van der Waals surface area (Å²) in [6.45, 7) is 7.83. The average Bonchev–Trinajstić information content (AvgIpc) is 2.45. The Morgan fingerprint density at radius 1 is 1.10 bits per heavy atom. The summed E-state index contributed by atoms with van der Waals surface area (Å²) in [5.41, 5.74) is 1.02. The molecule has 2 amide bonds. The number of rotatable bonds is 7. The molecule has 0 radical (unpaired) electrons. The zero-order valence-electron chi connectivity index (χ0n) is 12.5. The maximum atomic E-state index is 12.0. The van der Waals surface area contributed by atoms with Gasteiger partial charge >= 0.3 is 0 Å². The molecule has 1 aromatic rings. The van der Waals surface area contributed by atoms with Crippen LogP contribution in [0, 0.1) is 0 Å². The van der Waals surface area contributed by atoms with Crippen LogP contribution in [0.2, 0.25) is 0 Å². The Bertz CT molecular complexity index is 430. The Labute approximate surface area is 120 Å². The van der Waals surface area contributed by atoms with E-state index in [1.54, 1.807) is 22.2 Å². The van der Waals surface area contributed by atoms with Crippen molar-refractivity contribution in [3.63, 3.8) is 0 Å². The van der Waals surface area contributed by atoms with Gasteiger partial charge in [0.05, 0.1) is 0 Å². The van der Waals surface area contributed by atoms with E-state index in [0.717, 1.165) is 5.56 Å². The van der Waals surface area contributed by atoms with Crippen molar-refractivity contribution >= 4 is 11.8 Å². The van der Waals surface area contributed by atoms with E-state index in [1.807, 2.05) is 26.0 Å². The van der Waals surface area contributed by atoms with Crippen LogP contribution in [0.4, 0.5) is 0 Å². The van der Waals surface area contributed by atoms with E-state index in [-0.39, 0.29) is 11.8 Å². The quantitative estimate of drug-likeness (QED) is 0.762. The van der Waals surface area contributed by atoms with Gasteiger partial charge < -0.3 is 9.80 Å². The molecule has 0 aromatic carbocycles. The number of carbonyl (C=O) groups excluding carboxylic acids is 2. The van der Waals surface area contributed by atoms with E-state index in [2.05, 4.69) is 4.98 Å². The lowest BCUT2D eigenvalue weighted by molar-refractivity contribution is -0.133. The molecular formula is C15H23N3O2. The van der Waals surface area contributed by atoms with E-state index in [4.69, 9.17) is 0 Å². The van der Waals surface area contributed by atoms with Crippen LogP contribution < -0.4 is 0 Å². The van der Waals surface area contributed by atoms with Crippen LogP contribution in [0.1, 0.15) is 32.8 Å². The van der Waals surface area contributed by atoms with Gasteiger partial charge in [0.15, 0.2) is 0 Å². The fourth-order valence-corrected chi connectivity index (χ4v) is 2.02. The third-order valence-electron chi connectivity index (χ3n) is 3.28. The number of amides is 2. The summed E-state index contributed by atoms with van der Waals surface area (Å²) in [4.78, 5) is 31.0. The second-order valence-corrected chi connectivity index (χ2v) is 4.61. The summed E-state index contributed by atoms with van der Waals surface area (Å²) in [6.07, 6.45) is 3.77. The molecule has 20 heavy (non-hydrogen) atoms. The molecule has 1 heterocycles. The highest BCUT2D eigenvalue weighted by Crippen LogP contribution is 2.05. The lowest BCUT2D eigenvalue weighted by atomic mass is 10.2. The second kappa shape index (κ2) is 8.30. The van der Waals surface area contributed by atoms with Gasteiger partial charge in [-0.05, 0) is 31.5 Å². The van der Waals surface area contributed by atoms with Gasteiger partial charge in [-0.3, -0.25) is 14.6 Å². The molecule has 0 saturated heterocycles. The molecule has 5 heteroatoms. The van der Waals surface area contributed by atoms with Crippen LogP contribution in [0.5, 0.6) is 0 Å². The Morgan fingerprint density at radius 2 is 1.70 bits per heavy atom. The number of nitrogens with zero attached hydrogens (tertiary/aromatic N) is 3. The smallest absolute Gasteiger partial charge is 0.224 e. The second-order valence-electron chi connectivity index (χ2n) is 4.61. The van der Waals surface area contributed by atoms with Crippen molar-refractivity contribution in [1.29, 1.82) is 0 Å². The fourth-order valence-electron chi connectivity index (χ4n) is 2.02. The molecule has 1 rings (SSSR count). The Morgan fingerprint density at radius 3 is 2.20 bits per heavy atom. The van der Waals surface area contributed by atoms with Gasteiger partial charge in [0, 0.05) is 51.9 Å². The fraction of sp³-hybridized carbons (Fsp3) is 0.533. The van der Waals surface area contributed by atoms with E-state index in [9.17, 15) is 9.59 Å². The third kappa shape index (κ3) is 4.99. The maximum absolute atomic E-state index is 12.0. The molecule has 0 atom stereocenters. The highest BCUT2D eigenvalue weighted by Gasteiger charge is 2.14. The predicted molar refractivity (Wildman–Crippen MR) is 77.9 cm³/mol. The number of carbonyl (C=O) groups is 2. The summed E-state index contributed by atoms with van der Waals surface area (Å²) in [6, 6.07) is 3.75. The van der Waals surface area contributed by atoms with E-state index < -0.39 is 0 Å². The Hall–Kier alpha value is -1.91. The number of hydrogen-bond acceptors (Lipinski definition) is 3. The number of pyridine rings is 1. The molecule has 0 bridgehead atoms. The summed E-state index contributed by atoms with van der Waals surface area (Å²) in [5.74, 6) is 0.0742. The van der Waals surface area contributed by atoms with Crippen molar-refractivity contribution in [3.05, 3.63) is 30.1 Å². The summed E-state index contributed by atoms with van der Waals surface area (Å²) in [7, 11) is 0. The van der Waals surface area contributed by atoms with Crippen molar-refractivity contribution in [2.75, 3.05) is 19.6 Å². The molecular weight excluding hydrogens is 254 g/mol. The molecule has 0 saturated carbocycles. The lowest BCUT2D eigenvalue weighted by Gasteiger charge is -2.23. The number of aromatic nitrogens is 1. The average molecular weight is 277 g/mol. The SMILES string of the molecule is CCN(CC)C(=O)CCN(Cc1ccncc1)C(C)=O. The van der Waals surface area contributed by atoms with E-state index in [1.165, 1.54) is 6.92 Å². The molecule has 0 aliphatic rings. The van der Waals surface area contributed by atoms with Crippen molar-refractivity contribution in [1.82, 2.24) is 14.8 Å². The molecule has 0 fully saturated rings. The first-order valence-corrected chi connectivity index (χ1v) is 7.00. The lowest BCUT2D eigenvalue weighted by Crippen LogP contribution is -2.36. The first-order chi connectivity index (χ1) is 9.58. The van der Waals surface area contributed by atoms with Gasteiger partial charge in [0.1, 0.15) is 0 Å². The van der Waals surface area contributed by atoms with E-state index in [0.29, 0.717) is 32.6 Å². The topological polar surface area (TPSA) is 53.5 Å². The van der Waals surface area contributed by atoms with Crippen LogP contribution in [0.25, 0.3) is 0 Å². The largest absolute Gasteiger partial charge is 0.343 e. The van der Waals surface area contributed by atoms with Crippen LogP contribution in [-0.4, -0.2) is 46.2 Å². The van der Waals surface area contributed by atoms with Crippen molar-refractivity contribution in [2.24, 2.45) is 0 Å². The minimum atomic E-state index is -0.0193. The first kappa shape index (κ1) is 16.1. The van der Waals surface area contributed by atoms with Crippen LogP contribution in [0.15, 0.2) is 24.5 Å². The number of hydrogen-bond donors (Lipinski definition) is 0. The maximum Gasteiger partial charge on any atom is 0.224 e. The normalized spacial score (nSPS) is 10.2. The zero-order valence-corrected chi connectivity index (χ0v) is 12.5. The molecule has 0 N–H and O–H groups in total. The minimum absolute atomic E-state index is 0.0193. The highest BCUT2D eigenvalue weighted by molar-refractivity contribution is 5.78. The molecule has 0 unspecified atom stereocenters. The zero-order chi connectivity index (χ0) is 15.0. The Balaban J connectivity index is 2.56. The van der Waals surface area contributed by atoms with Crippen molar-refractivity contribution in [2.45, 2.75) is 33.7 Å². The van der Waals surface area contributed by atoms with Gasteiger partial charge in [0.25, 0.3) is 0 Å². The third-order valence-corrected chi connectivity index (χ3v) is 3.28. The minimum Gasteiger partial charge on any atom is -0.343 e. The highest BCUT2D eigenvalue weighted by atomic mass is 16.2. The van der Waals surface area contributed by atoms with Gasteiger partial charge in [0.2, 0.25) is 11.8 Å². The van der Waals surface area contributed by atoms with Crippen LogP contribution in [-0.2, 0) is 16.1 Å². The first-order valence-electron chi connectivity index (χ1n) is 7.00. The van der Waals surface area contributed by atoms with Crippen molar-refractivity contribution in [3.8, 4) is 0 Å². The van der Waals surface area contributed by atoms with E-state index >= 15 is 0 Å². The Kier molecular flexibility index (Phi) is 6.70. The summed E-state index contributed by atoms with van der Waals surface area (Å²) in [5, 5.41) is 0. The monoisotopic (exact) mass is 277 g/mol. The van der Waals surface area contributed by atoms with Crippen LogP contribution >= 0.6 is 0 Å². The molecule has 0 spiro atoms. The summed E-state index contributed by atoms with van der Waals surface area (Å²) >= 11 is 0. The molecule has 5 nitrogen and oxygen atoms in total. The van der Waals surface area contributed by atoms with Gasteiger partial charge in [-0.25, -0.2) is 0 Å². The molecule has 110 valence electrons.